The first-order chi connectivity index (χ1) is 16.7. The Morgan fingerprint density at radius 3 is 1.97 bits per heavy atom. The number of hydrogen-bond acceptors (Lipinski definition) is 4. The van der Waals surface area contributed by atoms with Crippen molar-refractivity contribution < 1.29 is 18.4 Å². The van der Waals surface area contributed by atoms with Crippen LogP contribution in [0.3, 0.4) is 0 Å². The van der Waals surface area contributed by atoms with Crippen molar-refractivity contribution >= 4 is 22.5 Å². The topological polar surface area (TPSA) is 56.8 Å². The molecule has 0 bridgehead atoms. The number of carbonyl (C=O) groups is 1. The Morgan fingerprint density at radius 1 is 0.919 bits per heavy atom. The second kappa shape index (κ2) is 13.6. The number of ether oxygens (including phenoxy) is 1. The molecule has 1 fully saturated rings. The Bertz CT molecular complexity index is 805. The van der Waals surface area contributed by atoms with Gasteiger partial charge >= 0.3 is 0 Å². The Morgan fingerprint density at radius 2 is 1.46 bits per heavy atom. The van der Waals surface area contributed by atoms with Crippen LogP contribution in [0, 0.1) is 5.92 Å². The average molecular weight is 554 g/mol. The highest BCUT2D eigenvalue weighted by atomic mass is 28.4. The molecule has 1 aliphatic heterocycles. The van der Waals surface area contributed by atoms with Crippen LogP contribution in [0.1, 0.15) is 88.5 Å². The highest BCUT2D eigenvalue weighted by molar-refractivity contribution is 6.74. The van der Waals surface area contributed by atoms with Crippen molar-refractivity contribution in [1.29, 1.82) is 0 Å². The van der Waals surface area contributed by atoms with E-state index in [4.69, 9.17) is 13.6 Å². The zero-order valence-electron chi connectivity index (χ0n) is 26.6. The zero-order chi connectivity index (χ0) is 28.8. The summed E-state index contributed by atoms with van der Waals surface area (Å²) in [5.74, 6) is 0.384. The Balaban J connectivity index is 2.80. The van der Waals surface area contributed by atoms with E-state index in [0.717, 1.165) is 19.3 Å². The second-order valence-corrected chi connectivity index (χ2v) is 23.8. The molecule has 0 aliphatic carbocycles. The molecule has 0 unspecified atom stereocenters. The summed E-state index contributed by atoms with van der Waals surface area (Å²) in [5, 5.41) is 3.34. The van der Waals surface area contributed by atoms with Gasteiger partial charge in [-0.15, -0.1) is 0 Å². The maximum atomic E-state index is 11.7. The third-order valence-corrected chi connectivity index (χ3v) is 18.0. The van der Waals surface area contributed by atoms with Crippen molar-refractivity contribution in [3.05, 3.63) is 23.3 Å². The molecule has 0 spiro atoms. The van der Waals surface area contributed by atoms with Gasteiger partial charge in [-0.25, -0.2) is 0 Å². The van der Waals surface area contributed by atoms with Crippen LogP contribution >= 0.6 is 0 Å². The maximum Gasteiger partial charge on any atom is 0.216 e. The van der Waals surface area contributed by atoms with Crippen LogP contribution in [0.2, 0.25) is 36.3 Å². The van der Waals surface area contributed by atoms with Gasteiger partial charge in [0.05, 0.1) is 18.8 Å². The number of amides is 1. The molecule has 1 rings (SSSR count). The number of hydrogen-bond donors (Lipinski definition) is 1. The molecule has 0 aromatic carbocycles. The van der Waals surface area contributed by atoms with E-state index in [1.807, 2.05) is 0 Å². The zero-order valence-corrected chi connectivity index (χ0v) is 28.6. The third-order valence-electron chi connectivity index (χ3n) is 8.97. The van der Waals surface area contributed by atoms with Gasteiger partial charge in [0, 0.05) is 13.5 Å². The van der Waals surface area contributed by atoms with E-state index in [1.165, 1.54) is 11.1 Å². The summed E-state index contributed by atoms with van der Waals surface area (Å²) in [6.07, 6.45) is 7.52. The molecule has 0 aromatic heterocycles. The lowest BCUT2D eigenvalue weighted by atomic mass is 9.88. The molecule has 1 saturated heterocycles. The van der Waals surface area contributed by atoms with Gasteiger partial charge in [0.25, 0.3) is 0 Å². The Kier molecular flexibility index (Phi) is 12.6. The predicted octanol–water partition coefficient (Wildman–Crippen LogP) is 8.00. The average Bonchev–Trinajstić information content (AvgIpc) is 2.72. The number of nitrogens with one attached hydrogen (secondary N) is 1. The van der Waals surface area contributed by atoms with Gasteiger partial charge in [-0.1, -0.05) is 71.8 Å². The molecule has 4 atom stereocenters. The van der Waals surface area contributed by atoms with Crippen LogP contribution in [0.15, 0.2) is 23.3 Å². The fourth-order valence-corrected chi connectivity index (χ4v) is 6.24. The summed E-state index contributed by atoms with van der Waals surface area (Å²) in [6, 6.07) is 0. The van der Waals surface area contributed by atoms with E-state index in [-0.39, 0.29) is 34.3 Å². The van der Waals surface area contributed by atoms with Crippen LogP contribution in [0.5, 0.6) is 0 Å². The molecule has 7 heteroatoms. The minimum Gasteiger partial charge on any atom is -0.413 e. The van der Waals surface area contributed by atoms with Gasteiger partial charge in [-0.2, -0.15) is 0 Å². The largest absolute Gasteiger partial charge is 0.413 e. The summed E-state index contributed by atoms with van der Waals surface area (Å²) in [4.78, 5) is 11.7. The molecule has 1 N–H and O–H groups in total. The quantitative estimate of drug-likeness (QED) is 0.208. The van der Waals surface area contributed by atoms with Gasteiger partial charge in [0.15, 0.2) is 16.6 Å². The molecule has 37 heavy (non-hydrogen) atoms. The maximum absolute atomic E-state index is 11.7. The number of allylic oxidation sites excluding steroid dienone is 3. The van der Waals surface area contributed by atoms with Crippen molar-refractivity contribution in [1.82, 2.24) is 5.32 Å². The summed E-state index contributed by atoms with van der Waals surface area (Å²) >= 11 is 0. The fraction of sp³-hybridized carbons (Fsp3) is 0.833. The minimum absolute atomic E-state index is 0.0161. The molecule has 216 valence electrons. The smallest absolute Gasteiger partial charge is 0.216 e. The summed E-state index contributed by atoms with van der Waals surface area (Å²) in [6.45, 7) is 32.2. The lowest BCUT2D eigenvalue weighted by Crippen LogP contribution is -2.54. The highest BCUT2D eigenvalue weighted by Crippen LogP contribution is 2.40. The molecular formula is C30H59NO4Si2. The van der Waals surface area contributed by atoms with Gasteiger partial charge in [0.1, 0.15) is 6.10 Å². The molecule has 1 aliphatic rings. The van der Waals surface area contributed by atoms with Crippen molar-refractivity contribution in [3.63, 3.8) is 0 Å². The van der Waals surface area contributed by atoms with E-state index in [1.54, 1.807) is 6.92 Å². The lowest BCUT2D eigenvalue weighted by Gasteiger charge is -2.46. The van der Waals surface area contributed by atoms with Gasteiger partial charge in [-0.05, 0) is 75.3 Å². The summed E-state index contributed by atoms with van der Waals surface area (Å²) in [7, 11) is -3.67. The molecule has 0 aromatic rings. The van der Waals surface area contributed by atoms with Crippen molar-refractivity contribution in [2.75, 3.05) is 13.2 Å². The van der Waals surface area contributed by atoms with Gasteiger partial charge < -0.3 is 18.9 Å². The van der Waals surface area contributed by atoms with E-state index in [0.29, 0.717) is 19.1 Å². The first-order valence-electron chi connectivity index (χ1n) is 14.2. The van der Waals surface area contributed by atoms with E-state index in [9.17, 15) is 4.79 Å². The minimum atomic E-state index is -1.94. The summed E-state index contributed by atoms with van der Waals surface area (Å²) in [5.41, 5.74) is 2.58. The second-order valence-electron chi connectivity index (χ2n) is 14.2. The number of carbonyl (C=O) groups excluding carboxylic acids is 1. The Labute approximate surface area is 231 Å². The van der Waals surface area contributed by atoms with E-state index >= 15 is 0 Å². The first-order valence-corrected chi connectivity index (χ1v) is 20.0. The molecule has 5 nitrogen and oxygen atoms in total. The van der Waals surface area contributed by atoms with Crippen molar-refractivity contribution in [2.24, 2.45) is 5.92 Å². The van der Waals surface area contributed by atoms with Crippen LogP contribution in [0.25, 0.3) is 0 Å². The summed E-state index contributed by atoms with van der Waals surface area (Å²) < 4.78 is 19.7. The van der Waals surface area contributed by atoms with E-state index in [2.05, 4.69) is 106 Å². The molecular weight excluding hydrogens is 495 g/mol. The van der Waals surface area contributed by atoms with Gasteiger partial charge in [0.2, 0.25) is 5.91 Å². The fourth-order valence-electron chi connectivity index (χ4n) is 3.95. The highest BCUT2D eigenvalue weighted by Gasteiger charge is 2.44. The molecule has 1 amide bonds. The Hall–Kier alpha value is -0.736. The number of rotatable bonds is 11. The van der Waals surface area contributed by atoms with Crippen LogP contribution in [-0.2, 0) is 18.4 Å². The van der Waals surface area contributed by atoms with Crippen molar-refractivity contribution in [2.45, 2.75) is 143 Å². The SMILES string of the molecule is CC(=O)NC[C@H]1O[C@@H](CC/C=C(C)/C(C)=C/CO[Si](C)(C)C(C)(C)C)[C@@H](C)C[C@@H]1O[Si](C)(C)C(C)(C)C. The monoisotopic (exact) mass is 553 g/mol. The van der Waals surface area contributed by atoms with Gasteiger partial charge in [-0.3, -0.25) is 4.79 Å². The van der Waals surface area contributed by atoms with Crippen molar-refractivity contribution in [3.8, 4) is 0 Å². The van der Waals surface area contributed by atoms with Crippen LogP contribution in [0.4, 0.5) is 0 Å². The third kappa shape index (κ3) is 10.7. The van der Waals surface area contributed by atoms with Crippen LogP contribution < -0.4 is 5.32 Å². The normalized spacial score (nSPS) is 24.8. The standard InChI is InChI=1S/C30H59NO4Si2/c1-22(23(2)18-19-33-36(11,12)29(5,6)7)16-15-17-26-24(3)20-27(28(34-26)21-31-25(4)32)35-37(13,14)30(8,9)10/h16,18,24,26-28H,15,17,19-21H2,1-14H3,(H,31,32)/b22-16+,23-18+/t24-,26-,27-,28+/m0/s1. The molecule has 0 radical (unpaired) electrons. The van der Waals surface area contributed by atoms with Crippen LogP contribution in [-0.4, -0.2) is 54.0 Å². The molecule has 0 saturated carbocycles. The molecule has 1 heterocycles. The van der Waals surface area contributed by atoms with E-state index < -0.39 is 16.6 Å². The predicted molar refractivity (Wildman–Crippen MR) is 163 cm³/mol. The first kappa shape index (κ1) is 34.3. The lowest BCUT2D eigenvalue weighted by molar-refractivity contribution is -0.140.